The van der Waals surface area contributed by atoms with Gasteiger partial charge in [-0.2, -0.15) is 18.3 Å². The Kier molecular flexibility index (Phi) is 8.78. The Bertz CT molecular complexity index is 1120. The van der Waals surface area contributed by atoms with Gasteiger partial charge in [-0.3, -0.25) is 9.79 Å². The fourth-order valence-electron chi connectivity index (χ4n) is 3.00. The third-order valence-electron chi connectivity index (χ3n) is 6.06. The second kappa shape index (κ2) is 10.7. The molecule has 1 aromatic carbocycles. The molecule has 2 aromatic rings. The molecule has 7 nitrogen and oxygen atoms in total. The molecule has 0 bridgehead atoms. The van der Waals surface area contributed by atoms with Crippen LogP contribution in [0.15, 0.2) is 38.8 Å². The summed E-state index contributed by atoms with van der Waals surface area (Å²) in [7, 11) is -0.544. The number of nitrogens with two attached hydrogens (primary N) is 1. The molecule has 0 radical (unpaired) electrons. The van der Waals surface area contributed by atoms with Crippen molar-refractivity contribution < 1.29 is 22.4 Å². The quantitative estimate of drug-likeness (QED) is 0.247. The van der Waals surface area contributed by atoms with Crippen LogP contribution in [-0.4, -0.2) is 51.2 Å². The van der Waals surface area contributed by atoms with Crippen LogP contribution < -0.4 is 11.1 Å². The number of carbonyl (C=O) groups is 1. The summed E-state index contributed by atoms with van der Waals surface area (Å²) in [5.41, 5.74) is 8.79. The van der Waals surface area contributed by atoms with Crippen LogP contribution in [0.3, 0.4) is 0 Å². The van der Waals surface area contributed by atoms with E-state index in [-0.39, 0.29) is 23.0 Å². The van der Waals surface area contributed by atoms with E-state index in [9.17, 15) is 18.0 Å². The molecule has 0 saturated heterocycles. The van der Waals surface area contributed by atoms with E-state index in [1.807, 2.05) is 5.32 Å². The van der Waals surface area contributed by atoms with Crippen molar-refractivity contribution in [2.75, 3.05) is 13.6 Å². The molecule has 1 aromatic heterocycles. The van der Waals surface area contributed by atoms with Crippen LogP contribution in [0.2, 0.25) is 18.1 Å². The number of halogens is 4. The largest absolute Gasteiger partial charge is 0.411 e. The van der Waals surface area contributed by atoms with E-state index in [1.165, 1.54) is 12.1 Å². The van der Waals surface area contributed by atoms with Gasteiger partial charge >= 0.3 is 6.18 Å². The number of aliphatic imine (C=N–C) groups is 1. The molecule has 192 valence electrons. The lowest BCUT2D eigenvalue weighted by Crippen LogP contribution is -2.40. The Hall–Kier alpha value is -2.44. The van der Waals surface area contributed by atoms with Gasteiger partial charge in [0.2, 0.25) is 0 Å². The number of hydrogen-bond acceptors (Lipinski definition) is 4. The molecule has 1 amide bonds. The van der Waals surface area contributed by atoms with E-state index in [4.69, 9.17) is 10.2 Å². The molecule has 0 atom stereocenters. The first-order valence-corrected chi connectivity index (χ1v) is 14.5. The molecule has 0 unspecified atom stereocenters. The summed E-state index contributed by atoms with van der Waals surface area (Å²) < 4.78 is 45.9. The van der Waals surface area contributed by atoms with Crippen LogP contribution in [-0.2, 0) is 11.0 Å². The van der Waals surface area contributed by atoms with Gasteiger partial charge in [0.1, 0.15) is 18.1 Å². The topological polar surface area (TPSA) is 94.0 Å². The molecule has 3 N–H and O–H groups in total. The van der Waals surface area contributed by atoms with Crippen LogP contribution in [0.5, 0.6) is 0 Å². The van der Waals surface area contributed by atoms with Crippen LogP contribution >= 0.6 is 15.9 Å². The van der Waals surface area contributed by atoms with E-state index in [2.05, 4.69) is 66.6 Å². The maximum absolute atomic E-state index is 12.4. The molecule has 35 heavy (non-hydrogen) atoms. The Labute approximate surface area is 212 Å². The van der Waals surface area contributed by atoms with Gasteiger partial charge in [-0.25, -0.2) is 4.68 Å². The lowest BCUT2D eigenvalue weighted by Gasteiger charge is -2.36. The second-order valence-corrected chi connectivity index (χ2v) is 15.1. The zero-order chi connectivity index (χ0) is 26.8. The zero-order valence-electron chi connectivity index (χ0n) is 20.7. The number of hydrogen-bond donors (Lipinski definition) is 2. The number of rotatable bonds is 8. The fraction of sp³-hybridized carbons (Fsp3) is 0.435. The van der Waals surface area contributed by atoms with Crippen molar-refractivity contribution >= 4 is 42.7 Å². The average molecular weight is 575 g/mol. The number of carbonyl (C=O) groups excluding carboxylic acids is 1. The van der Waals surface area contributed by atoms with Crippen molar-refractivity contribution in [2.45, 2.75) is 51.7 Å². The van der Waals surface area contributed by atoms with E-state index in [0.29, 0.717) is 27.0 Å². The number of benzene rings is 1. The Morgan fingerprint density at radius 1 is 1.23 bits per heavy atom. The first-order chi connectivity index (χ1) is 16.0. The van der Waals surface area contributed by atoms with Crippen LogP contribution in [0.25, 0.3) is 11.1 Å². The molecule has 1 heterocycles. The molecule has 0 saturated carbocycles. The smallest absolute Gasteiger partial charge is 0.405 e. The lowest BCUT2D eigenvalue weighted by molar-refractivity contribution is -0.123. The van der Waals surface area contributed by atoms with Gasteiger partial charge in [0.05, 0.1) is 16.8 Å². The van der Waals surface area contributed by atoms with Gasteiger partial charge < -0.3 is 15.5 Å². The average Bonchev–Trinajstić information content (AvgIpc) is 3.05. The lowest BCUT2D eigenvalue weighted by atomic mass is 10.0. The molecule has 0 aliphatic rings. The van der Waals surface area contributed by atoms with Gasteiger partial charge in [0.25, 0.3) is 5.91 Å². The van der Waals surface area contributed by atoms with Gasteiger partial charge in [-0.05, 0) is 51.8 Å². The number of nitrogens with zero attached hydrogens (tertiary/aromatic N) is 3. The first-order valence-electron chi connectivity index (χ1n) is 10.8. The van der Waals surface area contributed by atoms with E-state index >= 15 is 0 Å². The summed E-state index contributed by atoms with van der Waals surface area (Å²) in [5.74, 6) is -0.616. The summed E-state index contributed by atoms with van der Waals surface area (Å²) in [5, 5.41) is 6.00. The van der Waals surface area contributed by atoms with Crippen molar-refractivity contribution in [3.63, 3.8) is 0 Å². The Balaban J connectivity index is 2.52. The van der Waals surface area contributed by atoms with Crippen LogP contribution in [0.1, 0.15) is 42.5 Å². The van der Waals surface area contributed by atoms with E-state index in [1.54, 1.807) is 23.9 Å². The molecule has 0 spiro atoms. The highest BCUT2D eigenvalue weighted by Crippen LogP contribution is 2.41. The summed E-state index contributed by atoms with van der Waals surface area (Å²) in [4.78, 5) is 16.2. The van der Waals surface area contributed by atoms with Crippen LogP contribution in [0, 0.1) is 0 Å². The summed E-state index contributed by atoms with van der Waals surface area (Å²) in [6.07, 6.45) is -4.49. The van der Waals surface area contributed by atoms with Gasteiger partial charge in [0.15, 0.2) is 8.32 Å². The van der Waals surface area contributed by atoms with Gasteiger partial charge in [-0.1, -0.05) is 32.9 Å². The highest BCUT2D eigenvalue weighted by atomic mass is 79.9. The molecule has 2 rings (SSSR count). The normalized spacial score (nSPS) is 13.1. The minimum Gasteiger partial charge on any atom is -0.411 e. The standard InChI is InChI=1S/C23H31BrF3N5O2Si/c1-22(2,3)35(6,7)34-12-16-18(24)17(19(20(28)29-4)32(16)30-5)14-8-10-15(11-9-14)21(33)31-13-23(25,26)27/h8-11H,5,12-13H2,1-4,6-7H3,(H2,28,29)(H,31,33). The van der Waals surface area contributed by atoms with Crippen molar-refractivity contribution in [3.05, 3.63) is 45.7 Å². The number of amidine groups is 1. The highest BCUT2D eigenvalue weighted by molar-refractivity contribution is 9.10. The molecule has 0 aliphatic carbocycles. The maximum Gasteiger partial charge on any atom is 0.405 e. The molecule has 12 heteroatoms. The van der Waals surface area contributed by atoms with Crippen molar-refractivity contribution in [2.24, 2.45) is 15.8 Å². The molecular formula is C23H31BrF3N5O2Si. The molecule has 0 aliphatic heterocycles. The number of aromatic nitrogens is 1. The van der Waals surface area contributed by atoms with Gasteiger partial charge in [0, 0.05) is 24.9 Å². The van der Waals surface area contributed by atoms with E-state index in [0.717, 1.165) is 0 Å². The fourth-order valence-corrected chi connectivity index (χ4v) is 4.63. The number of nitrogens with one attached hydrogen (secondary N) is 1. The second-order valence-electron chi connectivity index (χ2n) is 9.47. The highest BCUT2D eigenvalue weighted by Gasteiger charge is 2.38. The SMILES string of the molecule is C=Nn1c(CO[Si](C)(C)C(C)(C)C)c(Br)c(-c2ccc(C(=O)NCC(F)(F)F)cc2)c1C(N)=NC. The summed E-state index contributed by atoms with van der Waals surface area (Å²) in [6, 6.07) is 6.14. The zero-order valence-corrected chi connectivity index (χ0v) is 23.3. The minimum atomic E-state index is -4.49. The molecule has 0 fully saturated rings. The third-order valence-corrected chi connectivity index (χ3v) is 11.4. The number of alkyl halides is 3. The first kappa shape index (κ1) is 28.8. The van der Waals surface area contributed by atoms with Crippen LogP contribution in [0.4, 0.5) is 13.2 Å². The predicted octanol–water partition coefficient (Wildman–Crippen LogP) is 5.53. The summed E-state index contributed by atoms with van der Waals surface area (Å²) in [6.45, 7) is 13.2. The summed E-state index contributed by atoms with van der Waals surface area (Å²) >= 11 is 3.65. The Morgan fingerprint density at radius 2 is 1.80 bits per heavy atom. The third kappa shape index (κ3) is 6.61. The van der Waals surface area contributed by atoms with Crippen molar-refractivity contribution in [3.8, 4) is 11.1 Å². The van der Waals surface area contributed by atoms with Crippen molar-refractivity contribution in [1.29, 1.82) is 0 Å². The van der Waals surface area contributed by atoms with E-state index < -0.39 is 26.9 Å². The van der Waals surface area contributed by atoms with Crippen molar-refractivity contribution in [1.82, 2.24) is 9.99 Å². The maximum atomic E-state index is 12.4. The monoisotopic (exact) mass is 573 g/mol. The Morgan fingerprint density at radius 3 is 2.26 bits per heavy atom. The minimum absolute atomic E-state index is 0.00338. The predicted molar refractivity (Wildman–Crippen MR) is 140 cm³/mol. The van der Waals surface area contributed by atoms with Gasteiger partial charge in [-0.15, -0.1) is 0 Å². The molecular weight excluding hydrogens is 543 g/mol. The number of amides is 1.